The summed E-state index contributed by atoms with van der Waals surface area (Å²) in [4.78, 5) is 0. The van der Waals surface area contributed by atoms with E-state index in [0.717, 1.165) is 11.1 Å². The molecule has 0 amide bonds. The molecule has 8 nitrogen and oxygen atoms in total. The third-order valence-electron chi connectivity index (χ3n) is 7.69. The highest BCUT2D eigenvalue weighted by Crippen LogP contribution is 2.39. The van der Waals surface area contributed by atoms with Gasteiger partial charge in [0.25, 0.3) is 0 Å². The Hall–Kier alpha value is -4.89. The highest BCUT2D eigenvalue weighted by molar-refractivity contribution is 7.92. The second-order valence-corrected chi connectivity index (χ2v) is 13.0. The van der Waals surface area contributed by atoms with Crippen LogP contribution in [0.5, 0.6) is 34.5 Å². The van der Waals surface area contributed by atoms with Crippen LogP contribution in [-0.2, 0) is 9.84 Å². The van der Waals surface area contributed by atoms with Crippen molar-refractivity contribution < 1.29 is 36.8 Å². The van der Waals surface area contributed by atoms with Crippen LogP contribution in [0.25, 0.3) is 12.2 Å². The van der Waals surface area contributed by atoms with E-state index >= 15 is 8.42 Å². The molecule has 0 aliphatic heterocycles. The lowest BCUT2D eigenvalue weighted by atomic mass is 10.1. The van der Waals surface area contributed by atoms with Crippen molar-refractivity contribution >= 4 is 22.0 Å². The molecule has 0 heterocycles. The third-order valence-corrected chi connectivity index (χ3v) is 9.96. The predicted octanol–water partition coefficient (Wildman–Crippen LogP) is 8.92. The molecule has 4 rings (SSSR count). The van der Waals surface area contributed by atoms with Crippen molar-refractivity contribution in [1.29, 1.82) is 0 Å². The predicted molar refractivity (Wildman–Crippen MR) is 196 cm³/mol. The van der Waals surface area contributed by atoms with Crippen molar-refractivity contribution in [1.82, 2.24) is 0 Å². The Labute approximate surface area is 290 Å². The van der Waals surface area contributed by atoms with Gasteiger partial charge >= 0.3 is 0 Å². The Morgan fingerprint density at radius 2 is 0.857 bits per heavy atom. The van der Waals surface area contributed by atoms with Crippen LogP contribution in [0.4, 0.5) is 0 Å². The molecule has 2 atom stereocenters. The van der Waals surface area contributed by atoms with Crippen molar-refractivity contribution in [3.05, 3.63) is 119 Å². The molecule has 260 valence electrons. The van der Waals surface area contributed by atoms with E-state index in [0.29, 0.717) is 72.1 Å². The summed E-state index contributed by atoms with van der Waals surface area (Å²) in [5.74, 6) is 3.79. The Bertz CT molecular complexity index is 1670. The fourth-order valence-electron chi connectivity index (χ4n) is 5.33. The minimum Gasteiger partial charge on any atom is -0.497 e. The SMILES string of the molecule is CCOc1ccc(/C=C/C(c2ccc(OC)cc2)S(=O)(=O)C(/C=C/c2ccc(OCC)cc2OCC)c2ccc(OC)cc2)c(OCC)c1. The molecule has 0 aromatic heterocycles. The van der Waals surface area contributed by atoms with E-state index in [9.17, 15) is 0 Å². The van der Waals surface area contributed by atoms with Gasteiger partial charge in [-0.15, -0.1) is 0 Å². The van der Waals surface area contributed by atoms with E-state index in [1.54, 1.807) is 87.1 Å². The zero-order valence-electron chi connectivity index (χ0n) is 29.0. The van der Waals surface area contributed by atoms with Crippen LogP contribution in [0.2, 0.25) is 0 Å². The van der Waals surface area contributed by atoms with E-state index in [2.05, 4.69) is 0 Å². The monoisotopic (exact) mass is 686 g/mol. The van der Waals surface area contributed by atoms with Crippen LogP contribution >= 0.6 is 0 Å². The molecule has 0 saturated carbocycles. The first-order valence-corrected chi connectivity index (χ1v) is 18.0. The molecule has 9 heteroatoms. The summed E-state index contributed by atoms with van der Waals surface area (Å²) in [5, 5.41) is -2.08. The lowest BCUT2D eigenvalue weighted by Crippen LogP contribution is -2.19. The van der Waals surface area contributed by atoms with Crippen LogP contribution in [0.15, 0.2) is 97.1 Å². The average Bonchev–Trinajstić information content (AvgIpc) is 3.11. The second kappa shape index (κ2) is 18.0. The number of methoxy groups -OCH3 is 2. The molecule has 0 bridgehead atoms. The van der Waals surface area contributed by atoms with E-state index in [-0.39, 0.29) is 0 Å². The molecule has 0 fully saturated rings. The first-order chi connectivity index (χ1) is 23.8. The fourth-order valence-corrected chi connectivity index (χ4v) is 7.31. The first kappa shape index (κ1) is 36.9. The lowest BCUT2D eigenvalue weighted by Gasteiger charge is -2.22. The minimum atomic E-state index is -4.02. The van der Waals surface area contributed by atoms with Gasteiger partial charge in [0.2, 0.25) is 0 Å². The minimum absolute atomic E-state index is 0.441. The maximum atomic E-state index is 15.0. The molecule has 0 radical (unpaired) electrons. The molecular formula is C40H46O8S. The molecule has 0 spiro atoms. The van der Waals surface area contributed by atoms with Crippen LogP contribution < -0.4 is 28.4 Å². The highest BCUT2D eigenvalue weighted by Gasteiger charge is 2.34. The van der Waals surface area contributed by atoms with Crippen LogP contribution in [-0.4, -0.2) is 49.1 Å². The average molecular weight is 687 g/mol. The van der Waals surface area contributed by atoms with Gasteiger partial charge in [-0.05, 0) is 87.4 Å². The summed E-state index contributed by atoms with van der Waals surface area (Å²) in [6.07, 6.45) is 7.01. The van der Waals surface area contributed by atoms with E-state index in [1.807, 2.05) is 64.1 Å². The van der Waals surface area contributed by atoms with Gasteiger partial charge in [-0.2, -0.15) is 0 Å². The zero-order chi connectivity index (χ0) is 35.2. The molecule has 0 aliphatic carbocycles. The van der Waals surface area contributed by atoms with Crippen LogP contribution in [0, 0.1) is 0 Å². The third kappa shape index (κ3) is 9.60. The standard InChI is InChI=1S/C40H46O8S/c1-7-45-35-23-11-29(37(27-35)47-9-3)17-25-39(31-13-19-33(43-5)20-14-31)49(41,42)40(32-15-21-34(44-6)22-16-32)26-18-30-12-24-36(46-8-2)28-38(30)48-10-4/h11-28,39-40H,7-10H2,1-6H3/b25-17+,26-18+. The molecule has 0 N–H and O–H groups in total. The summed E-state index contributed by atoms with van der Waals surface area (Å²) in [6.45, 7) is 9.55. The maximum Gasteiger partial charge on any atom is 0.171 e. The fraction of sp³-hybridized carbons (Fsp3) is 0.300. The second-order valence-electron chi connectivity index (χ2n) is 10.8. The number of rotatable bonds is 18. The Kier molecular flexibility index (Phi) is 13.6. The summed E-state index contributed by atoms with van der Waals surface area (Å²) in [7, 11) is -0.868. The molecular weight excluding hydrogens is 640 g/mol. The van der Waals surface area contributed by atoms with Crippen molar-refractivity contribution in [2.75, 3.05) is 40.6 Å². The largest absolute Gasteiger partial charge is 0.497 e. The van der Waals surface area contributed by atoms with E-state index in [1.165, 1.54) is 0 Å². The molecule has 0 saturated heterocycles. The van der Waals surface area contributed by atoms with Crippen molar-refractivity contribution in [3.8, 4) is 34.5 Å². The maximum absolute atomic E-state index is 15.0. The first-order valence-electron chi connectivity index (χ1n) is 16.4. The molecule has 49 heavy (non-hydrogen) atoms. The molecule has 4 aromatic rings. The van der Waals surface area contributed by atoms with Gasteiger partial charge in [0.05, 0.1) is 40.6 Å². The topological polar surface area (TPSA) is 89.5 Å². The van der Waals surface area contributed by atoms with Crippen LogP contribution in [0.3, 0.4) is 0 Å². The van der Waals surface area contributed by atoms with Gasteiger partial charge in [-0.25, -0.2) is 8.42 Å². The van der Waals surface area contributed by atoms with Crippen molar-refractivity contribution in [2.45, 2.75) is 38.2 Å². The van der Waals surface area contributed by atoms with Gasteiger partial charge in [-0.1, -0.05) is 48.6 Å². The quantitative estimate of drug-likeness (QED) is 0.103. The smallest absolute Gasteiger partial charge is 0.171 e. The number of benzene rings is 4. The van der Waals surface area contributed by atoms with Gasteiger partial charge in [0.15, 0.2) is 9.84 Å². The Morgan fingerprint density at radius 3 is 1.18 bits per heavy atom. The van der Waals surface area contributed by atoms with Crippen LogP contribution in [0.1, 0.15) is 60.4 Å². The van der Waals surface area contributed by atoms with Gasteiger partial charge in [0.1, 0.15) is 45.0 Å². The number of hydrogen-bond donors (Lipinski definition) is 0. The summed E-state index contributed by atoms with van der Waals surface area (Å²) < 4.78 is 64.0. The van der Waals surface area contributed by atoms with Crippen molar-refractivity contribution in [2.24, 2.45) is 0 Å². The Balaban J connectivity index is 1.87. The summed E-state index contributed by atoms with van der Waals surface area (Å²) in [6, 6.07) is 25.2. The van der Waals surface area contributed by atoms with Gasteiger partial charge in [0, 0.05) is 23.3 Å². The molecule has 4 aromatic carbocycles. The highest BCUT2D eigenvalue weighted by atomic mass is 32.2. The van der Waals surface area contributed by atoms with E-state index in [4.69, 9.17) is 28.4 Å². The number of hydrogen-bond acceptors (Lipinski definition) is 8. The molecule has 0 aliphatic rings. The normalized spacial score (nSPS) is 12.9. The Morgan fingerprint density at radius 1 is 0.510 bits per heavy atom. The number of sulfone groups is 1. The van der Waals surface area contributed by atoms with E-state index < -0.39 is 20.3 Å². The van der Waals surface area contributed by atoms with Gasteiger partial charge in [-0.3, -0.25) is 0 Å². The lowest BCUT2D eigenvalue weighted by molar-refractivity contribution is 0.322. The summed E-state index contributed by atoms with van der Waals surface area (Å²) in [5.41, 5.74) is 2.63. The van der Waals surface area contributed by atoms with Gasteiger partial charge < -0.3 is 28.4 Å². The number of ether oxygens (including phenoxy) is 6. The van der Waals surface area contributed by atoms with Crippen molar-refractivity contribution in [3.63, 3.8) is 0 Å². The molecule has 2 unspecified atom stereocenters. The summed E-state index contributed by atoms with van der Waals surface area (Å²) >= 11 is 0. The zero-order valence-corrected chi connectivity index (χ0v) is 29.9.